The van der Waals surface area contributed by atoms with Crippen LogP contribution in [0.25, 0.3) is 0 Å². The Morgan fingerprint density at radius 2 is 1.82 bits per heavy atom. The van der Waals surface area contributed by atoms with E-state index in [1.54, 1.807) is 31.4 Å². The van der Waals surface area contributed by atoms with Crippen molar-refractivity contribution in [3.05, 3.63) is 24.3 Å². The predicted molar refractivity (Wildman–Crippen MR) is 42.5 cm³/mol. The maximum Gasteiger partial charge on any atom is 0.119 e. The maximum atomic E-state index is 12.5. The van der Waals surface area contributed by atoms with Crippen LogP contribution in [0.3, 0.4) is 0 Å². The van der Waals surface area contributed by atoms with E-state index >= 15 is 0 Å². The van der Waals surface area contributed by atoms with Gasteiger partial charge in [0.25, 0.3) is 0 Å². The van der Waals surface area contributed by atoms with E-state index in [0.717, 1.165) is 5.75 Å². The van der Waals surface area contributed by atoms with Crippen LogP contribution < -0.4 is 9.86 Å². The third-order valence-electron chi connectivity index (χ3n) is 1.43. The van der Waals surface area contributed by atoms with Crippen LogP contribution in [-0.2, 0) is 0 Å². The highest BCUT2D eigenvalue weighted by Gasteiger charge is 1.96. The zero-order valence-corrected chi connectivity index (χ0v) is 6.54. The molecule has 0 saturated heterocycles. The van der Waals surface area contributed by atoms with Crippen LogP contribution in [0.2, 0.25) is 0 Å². The topological polar surface area (TPSA) is 12.5 Å². The van der Waals surface area contributed by atoms with Crippen molar-refractivity contribution in [1.82, 2.24) is 0 Å². The molecule has 0 aliphatic rings. The molecular weight excluding hydrogens is 145 g/mol. The van der Waals surface area contributed by atoms with Crippen LogP contribution >= 0.6 is 0 Å². The Hall–Kier alpha value is -1.25. The minimum Gasteiger partial charge on any atom is -0.497 e. The molecule has 0 atom stereocenters. The molecule has 3 heteroatoms. The molecule has 1 rings (SSSR count). The molecule has 1 aromatic rings. The molecule has 0 N–H and O–H groups in total. The first-order valence-corrected chi connectivity index (χ1v) is 3.27. The Morgan fingerprint density at radius 1 is 1.27 bits per heavy atom. The fourth-order valence-corrected chi connectivity index (χ4v) is 0.788. The summed E-state index contributed by atoms with van der Waals surface area (Å²) in [5.74, 6) is 0.732. The summed E-state index contributed by atoms with van der Waals surface area (Å²) < 4.78 is 17.4. The van der Waals surface area contributed by atoms with Crippen molar-refractivity contribution < 1.29 is 9.22 Å². The van der Waals surface area contributed by atoms with E-state index in [4.69, 9.17) is 4.74 Å². The fraction of sp³-hybridized carbons (Fsp3) is 0.250. The molecular formula is C8H10FNO. The zero-order valence-electron chi connectivity index (χ0n) is 6.54. The first kappa shape index (κ1) is 7.85. The van der Waals surface area contributed by atoms with Crippen LogP contribution in [0, 0.1) is 0 Å². The number of halogens is 1. The van der Waals surface area contributed by atoms with Gasteiger partial charge >= 0.3 is 0 Å². The average molecular weight is 155 g/mol. The fourth-order valence-electron chi connectivity index (χ4n) is 0.788. The predicted octanol–water partition coefficient (Wildman–Crippen LogP) is 2.02. The van der Waals surface area contributed by atoms with Gasteiger partial charge in [0.15, 0.2) is 0 Å². The minimum absolute atomic E-state index is 0.519. The number of nitrogens with zero attached hydrogens (tertiary/aromatic N) is 1. The Bertz CT molecular complexity index is 220. The molecule has 1 aromatic carbocycles. The average Bonchev–Trinajstić information content (AvgIpc) is 2.05. The molecule has 0 aliphatic carbocycles. The van der Waals surface area contributed by atoms with Gasteiger partial charge in [0.05, 0.1) is 12.8 Å². The molecule has 0 aromatic heterocycles. The van der Waals surface area contributed by atoms with Gasteiger partial charge in [-0.1, -0.05) is 0 Å². The largest absolute Gasteiger partial charge is 0.497 e. The molecule has 11 heavy (non-hydrogen) atoms. The molecule has 0 spiro atoms. The zero-order chi connectivity index (χ0) is 8.27. The van der Waals surface area contributed by atoms with Gasteiger partial charge in [-0.25, -0.2) is 5.12 Å². The highest BCUT2D eigenvalue weighted by molar-refractivity contribution is 5.45. The SMILES string of the molecule is COc1ccc(N(C)F)cc1. The highest BCUT2D eigenvalue weighted by atomic mass is 19.2. The van der Waals surface area contributed by atoms with Gasteiger partial charge in [0, 0.05) is 7.05 Å². The summed E-state index contributed by atoms with van der Waals surface area (Å²) in [6.07, 6.45) is 0. The van der Waals surface area contributed by atoms with E-state index in [9.17, 15) is 4.48 Å². The first-order chi connectivity index (χ1) is 5.24. The van der Waals surface area contributed by atoms with Crippen LogP contribution in [0.5, 0.6) is 5.75 Å². The van der Waals surface area contributed by atoms with Crippen LogP contribution in [0.1, 0.15) is 0 Å². The number of methoxy groups -OCH3 is 1. The van der Waals surface area contributed by atoms with Crippen molar-refractivity contribution in [3.63, 3.8) is 0 Å². The minimum atomic E-state index is 0.519. The molecule has 0 heterocycles. The monoisotopic (exact) mass is 155 g/mol. The number of benzene rings is 1. The van der Waals surface area contributed by atoms with Crippen molar-refractivity contribution in [1.29, 1.82) is 0 Å². The Balaban J connectivity index is 2.83. The molecule has 0 aliphatic heterocycles. The molecule has 0 saturated carbocycles. The van der Waals surface area contributed by atoms with Crippen molar-refractivity contribution >= 4 is 5.69 Å². The quantitative estimate of drug-likeness (QED) is 0.606. The van der Waals surface area contributed by atoms with Gasteiger partial charge < -0.3 is 4.74 Å². The summed E-state index contributed by atoms with van der Waals surface area (Å²) >= 11 is 0. The van der Waals surface area contributed by atoms with E-state index in [1.165, 1.54) is 7.05 Å². The Labute approximate surface area is 65.1 Å². The highest BCUT2D eigenvalue weighted by Crippen LogP contribution is 2.17. The van der Waals surface area contributed by atoms with E-state index in [0.29, 0.717) is 10.8 Å². The van der Waals surface area contributed by atoms with Gasteiger partial charge in [0.1, 0.15) is 5.75 Å². The van der Waals surface area contributed by atoms with Crippen LogP contribution in [0.4, 0.5) is 10.2 Å². The van der Waals surface area contributed by atoms with Crippen molar-refractivity contribution in [2.75, 3.05) is 19.3 Å². The van der Waals surface area contributed by atoms with Crippen molar-refractivity contribution in [3.8, 4) is 5.75 Å². The molecule has 0 radical (unpaired) electrons. The van der Waals surface area contributed by atoms with E-state index in [-0.39, 0.29) is 0 Å². The summed E-state index contributed by atoms with van der Waals surface area (Å²) in [6.45, 7) is 0. The van der Waals surface area contributed by atoms with Gasteiger partial charge in [-0.2, -0.15) is 0 Å². The molecule has 0 bridgehead atoms. The number of hydrogen-bond donors (Lipinski definition) is 0. The molecule has 2 nitrogen and oxygen atoms in total. The number of hydrogen-bond acceptors (Lipinski definition) is 2. The summed E-state index contributed by atoms with van der Waals surface area (Å²) in [6, 6.07) is 6.73. The molecule has 0 amide bonds. The first-order valence-electron chi connectivity index (χ1n) is 3.27. The van der Waals surface area contributed by atoms with Crippen LogP contribution in [-0.4, -0.2) is 14.2 Å². The Kier molecular flexibility index (Phi) is 2.31. The normalized spacial score (nSPS) is 9.36. The van der Waals surface area contributed by atoms with Crippen LogP contribution in [0.15, 0.2) is 24.3 Å². The van der Waals surface area contributed by atoms with Gasteiger partial charge in [-0.05, 0) is 24.3 Å². The lowest BCUT2D eigenvalue weighted by molar-refractivity contribution is 0.414. The lowest BCUT2D eigenvalue weighted by Gasteiger charge is -2.06. The molecule has 60 valence electrons. The third kappa shape index (κ3) is 1.83. The standard InChI is InChI=1S/C8H10FNO/c1-10(9)7-3-5-8(11-2)6-4-7/h3-6H,1-2H3. The van der Waals surface area contributed by atoms with E-state index in [2.05, 4.69) is 0 Å². The van der Waals surface area contributed by atoms with Gasteiger partial charge in [0.2, 0.25) is 0 Å². The number of rotatable bonds is 2. The summed E-state index contributed by atoms with van der Waals surface area (Å²) in [7, 11) is 2.93. The second-order valence-corrected chi connectivity index (χ2v) is 2.18. The number of ether oxygens (including phenoxy) is 1. The van der Waals surface area contributed by atoms with E-state index < -0.39 is 0 Å². The molecule has 0 unspecified atom stereocenters. The summed E-state index contributed by atoms with van der Waals surface area (Å²) in [5.41, 5.74) is 0.519. The summed E-state index contributed by atoms with van der Waals surface area (Å²) in [4.78, 5) is 0. The lowest BCUT2D eigenvalue weighted by atomic mass is 10.3. The third-order valence-corrected chi connectivity index (χ3v) is 1.43. The number of anilines is 1. The van der Waals surface area contributed by atoms with Crippen molar-refractivity contribution in [2.24, 2.45) is 0 Å². The van der Waals surface area contributed by atoms with Gasteiger partial charge in [-0.15, -0.1) is 4.48 Å². The second-order valence-electron chi connectivity index (χ2n) is 2.18. The maximum absolute atomic E-state index is 12.5. The summed E-state index contributed by atoms with van der Waals surface area (Å²) in [5, 5.41) is 0.555. The molecule has 0 fully saturated rings. The smallest absolute Gasteiger partial charge is 0.119 e. The Morgan fingerprint density at radius 3 is 2.18 bits per heavy atom. The van der Waals surface area contributed by atoms with E-state index in [1.807, 2.05) is 0 Å². The second kappa shape index (κ2) is 3.23. The lowest BCUT2D eigenvalue weighted by Crippen LogP contribution is -2.01. The van der Waals surface area contributed by atoms with Gasteiger partial charge in [-0.3, -0.25) is 0 Å². The van der Waals surface area contributed by atoms with Crippen molar-refractivity contribution in [2.45, 2.75) is 0 Å².